The number of rotatable bonds is 4. The fourth-order valence-electron chi connectivity index (χ4n) is 3.13. The van der Waals surface area contributed by atoms with Gasteiger partial charge >= 0.3 is 0 Å². The zero-order valence-electron chi connectivity index (χ0n) is 14.9. The Bertz CT molecular complexity index is 1110. The van der Waals surface area contributed by atoms with Gasteiger partial charge in [-0.25, -0.2) is 22.5 Å². The number of aromatic nitrogens is 3. The summed E-state index contributed by atoms with van der Waals surface area (Å²) in [5.74, 6) is -0.350. The number of halogens is 1. The molecule has 10 heteroatoms. The van der Waals surface area contributed by atoms with Crippen molar-refractivity contribution in [3.05, 3.63) is 53.4 Å². The first kappa shape index (κ1) is 18.8. The Morgan fingerprint density at radius 2 is 2.04 bits per heavy atom. The summed E-state index contributed by atoms with van der Waals surface area (Å²) in [6.45, 7) is 0. The maximum atomic E-state index is 13.3. The molecule has 1 fully saturated rings. The zero-order chi connectivity index (χ0) is 19.9. The Hall–Kier alpha value is -2.59. The highest BCUT2D eigenvalue weighted by molar-refractivity contribution is 7.91. The molecule has 1 atom stereocenters. The Morgan fingerprint density at radius 1 is 1.29 bits per heavy atom. The van der Waals surface area contributed by atoms with Crippen molar-refractivity contribution in [2.75, 3.05) is 18.6 Å². The lowest BCUT2D eigenvalue weighted by molar-refractivity contribution is 0.0735. The van der Waals surface area contributed by atoms with E-state index in [9.17, 15) is 17.6 Å². The summed E-state index contributed by atoms with van der Waals surface area (Å²) in [5, 5.41) is 6.23. The molecule has 1 aliphatic rings. The largest absolute Gasteiger partial charge is 0.335 e. The molecule has 0 aliphatic carbocycles. The second-order valence-electron chi connectivity index (χ2n) is 6.60. The summed E-state index contributed by atoms with van der Waals surface area (Å²) < 4.78 is 38.3. The second kappa shape index (κ2) is 7.10. The minimum atomic E-state index is -3.12. The third-order valence-electron chi connectivity index (χ3n) is 4.69. The van der Waals surface area contributed by atoms with Crippen LogP contribution in [-0.2, 0) is 9.84 Å². The summed E-state index contributed by atoms with van der Waals surface area (Å²) in [6.07, 6.45) is 0.404. The van der Waals surface area contributed by atoms with Crippen molar-refractivity contribution in [1.29, 1.82) is 0 Å². The van der Waals surface area contributed by atoms with Crippen LogP contribution in [0.4, 0.5) is 4.39 Å². The van der Waals surface area contributed by atoms with E-state index < -0.39 is 15.7 Å². The SMILES string of the molecule is CN(C(=O)c1nc(-c2cccs2)n(-c2ccc(F)cc2)n1)C1CCS(=O)(=O)C1. The quantitative estimate of drug-likeness (QED) is 0.647. The topological polar surface area (TPSA) is 85.2 Å². The van der Waals surface area contributed by atoms with Crippen molar-refractivity contribution in [1.82, 2.24) is 19.7 Å². The molecule has 1 aliphatic heterocycles. The van der Waals surface area contributed by atoms with Crippen LogP contribution < -0.4 is 0 Å². The molecule has 1 saturated heterocycles. The summed E-state index contributed by atoms with van der Waals surface area (Å²) in [7, 11) is -1.55. The molecule has 3 aromatic rings. The van der Waals surface area contributed by atoms with Crippen LogP contribution in [0.2, 0.25) is 0 Å². The number of carbonyl (C=O) groups is 1. The van der Waals surface area contributed by atoms with Crippen LogP contribution in [0.5, 0.6) is 0 Å². The molecule has 1 aromatic carbocycles. The zero-order valence-corrected chi connectivity index (χ0v) is 16.6. The molecule has 3 heterocycles. The molecular formula is C18H17FN4O3S2. The Morgan fingerprint density at radius 3 is 2.64 bits per heavy atom. The van der Waals surface area contributed by atoms with Gasteiger partial charge in [0, 0.05) is 13.1 Å². The van der Waals surface area contributed by atoms with Gasteiger partial charge in [-0.2, -0.15) is 0 Å². The highest BCUT2D eigenvalue weighted by atomic mass is 32.2. The van der Waals surface area contributed by atoms with Gasteiger partial charge in [0.05, 0.1) is 22.1 Å². The number of carbonyl (C=O) groups excluding carboxylic acids is 1. The second-order valence-corrected chi connectivity index (χ2v) is 9.77. The van der Waals surface area contributed by atoms with E-state index in [1.807, 2.05) is 17.5 Å². The number of sulfone groups is 1. The van der Waals surface area contributed by atoms with Crippen LogP contribution in [0.15, 0.2) is 41.8 Å². The molecule has 1 unspecified atom stereocenters. The maximum absolute atomic E-state index is 13.3. The van der Waals surface area contributed by atoms with Crippen LogP contribution in [0.3, 0.4) is 0 Å². The fourth-order valence-corrected chi connectivity index (χ4v) is 5.61. The van der Waals surface area contributed by atoms with E-state index in [-0.39, 0.29) is 29.2 Å². The van der Waals surface area contributed by atoms with Crippen molar-refractivity contribution in [2.45, 2.75) is 12.5 Å². The number of hydrogen-bond donors (Lipinski definition) is 0. The maximum Gasteiger partial charge on any atom is 0.293 e. The average molecular weight is 420 g/mol. The van der Waals surface area contributed by atoms with Gasteiger partial charge in [0.25, 0.3) is 5.91 Å². The molecule has 0 spiro atoms. The third kappa shape index (κ3) is 3.57. The van der Waals surface area contributed by atoms with Crippen molar-refractivity contribution in [2.24, 2.45) is 0 Å². The smallest absolute Gasteiger partial charge is 0.293 e. The highest BCUT2D eigenvalue weighted by Crippen LogP contribution is 2.26. The molecule has 0 radical (unpaired) electrons. The normalized spacial score (nSPS) is 18.3. The Balaban J connectivity index is 1.71. The van der Waals surface area contributed by atoms with E-state index in [4.69, 9.17) is 0 Å². The number of benzene rings is 1. The van der Waals surface area contributed by atoms with Gasteiger partial charge in [-0.3, -0.25) is 4.79 Å². The number of thiophene rings is 1. The molecular weight excluding hydrogens is 403 g/mol. The fraction of sp³-hybridized carbons (Fsp3) is 0.278. The number of nitrogens with zero attached hydrogens (tertiary/aromatic N) is 4. The lowest BCUT2D eigenvalue weighted by atomic mass is 10.2. The van der Waals surface area contributed by atoms with E-state index in [0.29, 0.717) is 17.9 Å². The van der Waals surface area contributed by atoms with E-state index in [1.54, 1.807) is 19.2 Å². The molecule has 28 heavy (non-hydrogen) atoms. The molecule has 0 bridgehead atoms. The van der Waals surface area contributed by atoms with Crippen LogP contribution in [0.25, 0.3) is 16.4 Å². The first-order chi connectivity index (χ1) is 13.3. The minimum Gasteiger partial charge on any atom is -0.335 e. The van der Waals surface area contributed by atoms with Gasteiger partial charge in [0.2, 0.25) is 5.82 Å². The molecule has 7 nitrogen and oxygen atoms in total. The molecule has 2 aromatic heterocycles. The van der Waals surface area contributed by atoms with Gasteiger partial charge < -0.3 is 4.90 Å². The first-order valence-corrected chi connectivity index (χ1v) is 11.3. The van der Waals surface area contributed by atoms with Crippen molar-refractivity contribution in [3.63, 3.8) is 0 Å². The monoisotopic (exact) mass is 420 g/mol. The van der Waals surface area contributed by atoms with Crippen LogP contribution in [0, 0.1) is 5.82 Å². The highest BCUT2D eigenvalue weighted by Gasteiger charge is 2.34. The van der Waals surface area contributed by atoms with Gasteiger partial charge in [0.15, 0.2) is 15.7 Å². The number of hydrogen-bond acceptors (Lipinski definition) is 6. The average Bonchev–Trinajstić information content (AvgIpc) is 3.40. The van der Waals surface area contributed by atoms with Crippen molar-refractivity contribution in [3.8, 4) is 16.4 Å². The summed E-state index contributed by atoms with van der Waals surface area (Å²) in [5.41, 5.74) is 0.572. The van der Waals surface area contributed by atoms with Gasteiger partial charge in [-0.1, -0.05) is 6.07 Å². The van der Waals surface area contributed by atoms with Gasteiger partial charge in [0.1, 0.15) is 5.82 Å². The van der Waals surface area contributed by atoms with Crippen LogP contribution in [-0.4, -0.2) is 58.6 Å². The van der Waals surface area contributed by atoms with Crippen LogP contribution >= 0.6 is 11.3 Å². The minimum absolute atomic E-state index is 0.0282. The van der Waals surface area contributed by atoms with E-state index in [0.717, 1.165) is 4.88 Å². The molecule has 146 valence electrons. The Labute approximate surface area is 165 Å². The van der Waals surface area contributed by atoms with Gasteiger partial charge in [-0.05, 0) is 42.1 Å². The summed E-state index contributed by atoms with van der Waals surface area (Å²) in [4.78, 5) is 19.5. The first-order valence-electron chi connectivity index (χ1n) is 8.58. The molecule has 0 N–H and O–H groups in total. The summed E-state index contributed by atoms with van der Waals surface area (Å²) in [6, 6.07) is 9.07. The molecule has 0 saturated carbocycles. The third-order valence-corrected chi connectivity index (χ3v) is 7.30. The summed E-state index contributed by atoms with van der Waals surface area (Å²) >= 11 is 1.44. The van der Waals surface area contributed by atoms with Gasteiger partial charge in [-0.15, -0.1) is 16.4 Å². The van der Waals surface area contributed by atoms with Crippen molar-refractivity contribution < 1.29 is 17.6 Å². The predicted molar refractivity (Wildman–Crippen MR) is 104 cm³/mol. The standard InChI is InChI=1S/C18H17FN4O3S2/c1-22(14-8-10-28(25,26)11-14)18(24)16-20-17(15-3-2-9-27-15)23(21-16)13-6-4-12(19)5-7-13/h2-7,9,14H,8,10-11H2,1H3. The molecule has 4 rings (SSSR count). The van der Waals surface area contributed by atoms with Crippen LogP contribution in [0.1, 0.15) is 17.0 Å². The van der Waals surface area contributed by atoms with E-state index in [1.165, 1.54) is 33.1 Å². The lowest BCUT2D eigenvalue weighted by Gasteiger charge is -2.21. The Kier molecular flexibility index (Phi) is 4.76. The predicted octanol–water partition coefficient (Wildman–Crippen LogP) is 2.39. The molecule has 1 amide bonds. The van der Waals surface area contributed by atoms with Crippen molar-refractivity contribution >= 4 is 27.1 Å². The number of amides is 1. The van der Waals surface area contributed by atoms with E-state index >= 15 is 0 Å². The van der Waals surface area contributed by atoms with E-state index in [2.05, 4.69) is 10.1 Å². The lowest BCUT2D eigenvalue weighted by Crippen LogP contribution is -2.38.